The summed E-state index contributed by atoms with van der Waals surface area (Å²) in [7, 11) is 3.80. The molecule has 0 fully saturated rings. The number of allylic oxidation sites excluding steroid dienone is 1. The van der Waals surface area contributed by atoms with Gasteiger partial charge >= 0.3 is 0 Å². The van der Waals surface area contributed by atoms with E-state index in [2.05, 4.69) is 28.6 Å². The highest BCUT2D eigenvalue weighted by Crippen LogP contribution is 2.36. The third kappa shape index (κ3) is 3.55. The van der Waals surface area contributed by atoms with Crippen molar-refractivity contribution in [2.24, 2.45) is 0 Å². The molecule has 4 aromatic rings. The first-order chi connectivity index (χ1) is 15.1. The predicted molar refractivity (Wildman–Crippen MR) is 122 cm³/mol. The van der Waals surface area contributed by atoms with Gasteiger partial charge in [0.1, 0.15) is 11.2 Å². The lowest BCUT2D eigenvalue weighted by Crippen LogP contribution is -2.25. The molecule has 1 aromatic carbocycles. The smallest absolute Gasteiger partial charge is 0.192 e. The maximum Gasteiger partial charge on any atom is 0.192 e. The van der Waals surface area contributed by atoms with Gasteiger partial charge in [0.15, 0.2) is 29.1 Å². The fraction of sp³-hybridized carbons (Fsp3) is 0.348. The molecule has 1 unspecified atom stereocenters. The summed E-state index contributed by atoms with van der Waals surface area (Å²) >= 11 is 1.76. The summed E-state index contributed by atoms with van der Waals surface area (Å²) in [6.07, 6.45) is 5.07. The molecule has 0 bridgehead atoms. The first-order valence-electron chi connectivity index (χ1n) is 10.4. The molecular weight excluding hydrogens is 410 g/mol. The lowest BCUT2D eigenvalue weighted by Gasteiger charge is -2.21. The molecular formula is C23H25N5O2S. The zero-order valence-electron chi connectivity index (χ0n) is 18.0. The van der Waals surface area contributed by atoms with E-state index in [9.17, 15) is 0 Å². The van der Waals surface area contributed by atoms with Crippen molar-refractivity contribution in [1.82, 2.24) is 24.5 Å². The van der Waals surface area contributed by atoms with Crippen LogP contribution in [0.5, 0.6) is 11.5 Å². The van der Waals surface area contributed by atoms with Crippen molar-refractivity contribution < 1.29 is 9.47 Å². The number of nitrogens with zero attached hydrogens (tertiary/aromatic N) is 5. The van der Waals surface area contributed by atoms with Crippen LogP contribution in [0.2, 0.25) is 0 Å². The van der Waals surface area contributed by atoms with E-state index < -0.39 is 0 Å². The van der Waals surface area contributed by atoms with E-state index in [1.165, 1.54) is 10.4 Å². The van der Waals surface area contributed by atoms with Crippen LogP contribution in [0.15, 0.2) is 37.2 Å². The summed E-state index contributed by atoms with van der Waals surface area (Å²) in [6, 6.07) is 5.92. The van der Waals surface area contributed by atoms with Crippen molar-refractivity contribution in [2.45, 2.75) is 32.4 Å². The van der Waals surface area contributed by atoms with Gasteiger partial charge < -0.3 is 14.4 Å². The highest BCUT2D eigenvalue weighted by atomic mass is 32.1. The number of rotatable bonds is 6. The van der Waals surface area contributed by atoms with Crippen molar-refractivity contribution in [1.29, 1.82) is 0 Å². The normalized spacial score (nSPS) is 15.2. The lowest BCUT2D eigenvalue weighted by atomic mass is 10.1. The van der Waals surface area contributed by atoms with Crippen molar-refractivity contribution in [3.8, 4) is 11.5 Å². The van der Waals surface area contributed by atoms with Crippen molar-refractivity contribution in [3.63, 3.8) is 0 Å². The fourth-order valence-electron chi connectivity index (χ4n) is 4.05. The van der Waals surface area contributed by atoms with Gasteiger partial charge in [-0.25, -0.2) is 14.5 Å². The highest BCUT2D eigenvalue weighted by molar-refractivity contribution is 7.19. The predicted octanol–water partition coefficient (Wildman–Crippen LogP) is 4.20. The molecule has 31 heavy (non-hydrogen) atoms. The zero-order chi connectivity index (χ0) is 21.5. The molecule has 5 rings (SSSR count). The molecule has 0 saturated carbocycles. The van der Waals surface area contributed by atoms with Crippen LogP contribution in [-0.2, 0) is 19.4 Å². The summed E-state index contributed by atoms with van der Waals surface area (Å²) in [4.78, 5) is 14.3. The molecule has 8 heteroatoms. The summed E-state index contributed by atoms with van der Waals surface area (Å²) in [6.45, 7) is 7.75. The Bertz CT molecular complexity index is 1280. The monoisotopic (exact) mass is 435 g/mol. The zero-order valence-corrected chi connectivity index (χ0v) is 18.8. The summed E-state index contributed by atoms with van der Waals surface area (Å²) in [5, 5.41) is 5.80. The number of benzene rings is 1. The number of hydrogen-bond donors (Lipinski definition) is 0. The van der Waals surface area contributed by atoms with E-state index in [4.69, 9.17) is 14.5 Å². The Hall–Kier alpha value is -2.97. The summed E-state index contributed by atoms with van der Waals surface area (Å²) in [5.41, 5.74) is 3.34. The van der Waals surface area contributed by atoms with E-state index in [1.54, 1.807) is 29.3 Å². The molecule has 160 valence electrons. The number of hydrogen-bond acceptors (Lipinski definition) is 7. The minimum atomic E-state index is -0.338. The second-order valence-electron chi connectivity index (χ2n) is 7.89. The van der Waals surface area contributed by atoms with E-state index in [-0.39, 0.29) is 6.10 Å². The van der Waals surface area contributed by atoms with E-state index in [1.807, 2.05) is 31.2 Å². The lowest BCUT2D eigenvalue weighted by molar-refractivity contribution is 0.206. The highest BCUT2D eigenvalue weighted by Gasteiger charge is 2.24. The molecule has 1 aliphatic heterocycles. The van der Waals surface area contributed by atoms with Crippen LogP contribution < -0.4 is 9.47 Å². The second-order valence-corrected chi connectivity index (χ2v) is 8.98. The van der Waals surface area contributed by atoms with Gasteiger partial charge in [-0.05, 0) is 50.1 Å². The van der Waals surface area contributed by atoms with Crippen molar-refractivity contribution >= 4 is 27.2 Å². The van der Waals surface area contributed by atoms with Crippen LogP contribution in [0.3, 0.4) is 0 Å². The number of aromatic nitrogens is 4. The van der Waals surface area contributed by atoms with Crippen LogP contribution >= 0.6 is 11.3 Å². The molecule has 0 aliphatic carbocycles. The van der Waals surface area contributed by atoms with Gasteiger partial charge in [0.25, 0.3) is 0 Å². The molecule has 7 nitrogen and oxygen atoms in total. The first kappa shape index (κ1) is 20.0. The summed E-state index contributed by atoms with van der Waals surface area (Å²) in [5.74, 6) is 1.98. The quantitative estimate of drug-likeness (QED) is 0.423. The van der Waals surface area contributed by atoms with Crippen molar-refractivity contribution in [2.75, 3.05) is 20.7 Å². The average molecular weight is 436 g/mol. The number of methoxy groups -OCH3 is 1. The minimum absolute atomic E-state index is 0.338. The van der Waals surface area contributed by atoms with Crippen LogP contribution in [0, 0.1) is 0 Å². The molecule has 4 heterocycles. The van der Waals surface area contributed by atoms with Gasteiger partial charge in [-0.3, -0.25) is 0 Å². The Balaban J connectivity index is 1.49. The van der Waals surface area contributed by atoms with E-state index in [0.717, 1.165) is 47.4 Å². The number of thiophene rings is 1. The average Bonchev–Trinajstić information content (AvgIpc) is 3.35. The molecule has 1 atom stereocenters. The SMILES string of the molecule is C=CCc1ccc(OC(C)c2nc3c4c5c(sc4ncn3n2)CN(C)CC5)c(OC)c1. The molecule has 3 aromatic heterocycles. The van der Waals surface area contributed by atoms with Crippen molar-refractivity contribution in [3.05, 3.63) is 59.0 Å². The third-order valence-electron chi connectivity index (χ3n) is 5.66. The Labute approximate surface area is 184 Å². The van der Waals surface area contributed by atoms with E-state index in [0.29, 0.717) is 17.3 Å². The van der Waals surface area contributed by atoms with Gasteiger partial charge in [0.2, 0.25) is 0 Å². The topological polar surface area (TPSA) is 64.8 Å². The minimum Gasteiger partial charge on any atom is -0.493 e. The molecule has 1 aliphatic rings. The Morgan fingerprint density at radius 1 is 1.32 bits per heavy atom. The molecule has 0 N–H and O–H groups in total. The maximum absolute atomic E-state index is 6.19. The van der Waals surface area contributed by atoms with Gasteiger partial charge in [-0.1, -0.05) is 12.1 Å². The standard InChI is InChI=1S/C23H25N5O2S/c1-5-6-15-7-8-17(18(11-15)29-4)30-14(2)21-25-22-20-16-9-10-27(3)12-19(16)31-23(20)24-13-28(22)26-21/h5,7-8,11,13-14H,1,6,9-10,12H2,2-4H3. The van der Waals surface area contributed by atoms with Gasteiger partial charge in [-0.15, -0.1) is 23.0 Å². The molecule has 0 saturated heterocycles. The number of fused-ring (bicyclic) bond motifs is 5. The van der Waals surface area contributed by atoms with Crippen LogP contribution in [-0.4, -0.2) is 45.2 Å². The second kappa shape index (κ2) is 7.94. The van der Waals surface area contributed by atoms with Gasteiger partial charge in [0.05, 0.1) is 12.5 Å². The van der Waals surface area contributed by atoms with Gasteiger partial charge in [-0.2, -0.15) is 0 Å². The van der Waals surface area contributed by atoms with Gasteiger partial charge in [0, 0.05) is 18.0 Å². The first-order valence-corrected chi connectivity index (χ1v) is 11.2. The number of likely N-dealkylation sites (N-methyl/N-ethyl adjacent to an activating group) is 1. The molecule has 0 radical (unpaired) electrons. The molecule has 0 amide bonds. The molecule has 0 spiro atoms. The Morgan fingerprint density at radius 2 is 2.19 bits per heavy atom. The largest absolute Gasteiger partial charge is 0.493 e. The fourth-order valence-corrected chi connectivity index (χ4v) is 5.32. The van der Waals surface area contributed by atoms with Crippen LogP contribution in [0.4, 0.5) is 0 Å². The summed E-state index contributed by atoms with van der Waals surface area (Å²) < 4.78 is 13.5. The van der Waals surface area contributed by atoms with Crippen LogP contribution in [0.1, 0.15) is 34.9 Å². The van der Waals surface area contributed by atoms with Crippen LogP contribution in [0.25, 0.3) is 15.9 Å². The number of ether oxygens (including phenoxy) is 2. The Morgan fingerprint density at radius 3 is 3.00 bits per heavy atom. The van der Waals surface area contributed by atoms with E-state index >= 15 is 0 Å². The Kier molecular flexibility index (Phi) is 5.11. The third-order valence-corrected chi connectivity index (χ3v) is 6.78. The maximum atomic E-state index is 6.19.